The zero-order valence-corrected chi connectivity index (χ0v) is 12.6. The van der Waals surface area contributed by atoms with Crippen LogP contribution in [0.5, 0.6) is 0 Å². The minimum atomic E-state index is 0.304. The Bertz CT molecular complexity index is 531. The molecule has 1 aromatic heterocycles. The van der Waals surface area contributed by atoms with Gasteiger partial charge in [0.1, 0.15) is 10.3 Å². The molecule has 0 spiro atoms. The maximum atomic E-state index is 10.6. The van der Waals surface area contributed by atoms with Gasteiger partial charge in [-0.1, -0.05) is 31.9 Å². The Labute approximate surface area is 117 Å². The molecule has 0 saturated carbocycles. The summed E-state index contributed by atoms with van der Waals surface area (Å²) < 4.78 is 2.58. The van der Waals surface area contributed by atoms with Crippen molar-refractivity contribution < 1.29 is 4.79 Å². The van der Waals surface area contributed by atoms with E-state index in [0.717, 1.165) is 14.5 Å². The fraction of sp³-hybridized carbons (Fsp3) is 0. The number of aldehydes is 1. The molecule has 3 nitrogen and oxygen atoms in total. The molecule has 0 saturated heterocycles. The molecule has 2 aromatic rings. The first-order valence-electron chi connectivity index (χ1n) is 4.27. The SMILES string of the molecule is O=Cc1nc(-c2cc(Br)cc(Br)c2)c(Br)[nH]1. The maximum absolute atomic E-state index is 10.6. The van der Waals surface area contributed by atoms with Gasteiger partial charge in [-0.05, 0) is 34.1 Å². The molecule has 16 heavy (non-hydrogen) atoms. The average molecular weight is 409 g/mol. The van der Waals surface area contributed by atoms with Gasteiger partial charge in [0, 0.05) is 14.5 Å². The predicted molar refractivity (Wildman–Crippen MR) is 72.5 cm³/mol. The zero-order chi connectivity index (χ0) is 11.7. The quantitative estimate of drug-likeness (QED) is 0.758. The molecule has 1 aromatic carbocycles. The molecule has 0 atom stereocenters. The predicted octanol–water partition coefficient (Wildman–Crippen LogP) is 4.18. The smallest absolute Gasteiger partial charge is 0.185 e. The molecule has 0 fully saturated rings. The van der Waals surface area contributed by atoms with Gasteiger partial charge in [0.25, 0.3) is 0 Å². The zero-order valence-electron chi connectivity index (χ0n) is 7.80. The molecule has 6 heteroatoms. The summed E-state index contributed by atoms with van der Waals surface area (Å²) in [6, 6.07) is 5.80. The lowest BCUT2D eigenvalue weighted by molar-refractivity contribution is 0.111. The Morgan fingerprint density at radius 2 is 1.75 bits per heavy atom. The molecule has 0 aliphatic carbocycles. The summed E-state index contributed by atoms with van der Waals surface area (Å²) in [5, 5.41) is 0. The molecule has 0 unspecified atom stereocenters. The number of nitrogens with zero attached hydrogens (tertiary/aromatic N) is 1. The van der Waals surface area contributed by atoms with E-state index in [1.807, 2.05) is 18.2 Å². The molecule has 0 bridgehead atoms. The number of halogens is 3. The normalized spacial score (nSPS) is 10.4. The molecule has 0 aliphatic heterocycles. The van der Waals surface area contributed by atoms with Crippen LogP contribution in [-0.2, 0) is 0 Å². The highest BCUT2D eigenvalue weighted by molar-refractivity contribution is 9.11. The Kier molecular flexibility index (Phi) is 3.61. The van der Waals surface area contributed by atoms with Crippen molar-refractivity contribution in [2.75, 3.05) is 0 Å². The van der Waals surface area contributed by atoms with Gasteiger partial charge in [-0.2, -0.15) is 0 Å². The number of carbonyl (C=O) groups excluding carboxylic acids is 1. The topological polar surface area (TPSA) is 45.8 Å². The van der Waals surface area contributed by atoms with Gasteiger partial charge in [-0.25, -0.2) is 4.98 Å². The maximum Gasteiger partial charge on any atom is 0.185 e. The van der Waals surface area contributed by atoms with Crippen LogP contribution in [0.1, 0.15) is 10.6 Å². The Hall–Kier alpha value is -0.460. The van der Waals surface area contributed by atoms with Gasteiger partial charge in [0.15, 0.2) is 12.1 Å². The van der Waals surface area contributed by atoms with Crippen molar-refractivity contribution in [3.63, 3.8) is 0 Å². The molecule has 1 heterocycles. The van der Waals surface area contributed by atoms with Crippen LogP contribution in [0, 0.1) is 0 Å². The number of aromatic amines is 1. The second-order valence-electron chi connectivity index (χ2n) is 3.06. The monoisotopic (exact) mass is 406 g/mol. The van der Waals surface area contributed by atoms with Crippen LogP contribution in [0.25, 0.3) is 11.3 Å². The number of hydrogen-bond donors (Lipinski definition) is 1. The molecular formula is C10H5Br3N2O. The second kappa shape index (κ2) is 4.81. The van der Waals surface area contributed by atoms with E-state index in [2.05, 4.69) is 57.8 Å². The third-order valence-electron chi connectivity index (χ3n) is 1.93. The first-order valence-corrected chi connectivity index (χ1v) is 6.65. The van der Waals surface area contributed by atoms with Crippen LogP contribution in [0.15, 0.2) is 31.7 Å². The first kappa shape index (κ1) is 12.0. The number of carbonyl (C=O) groups is 1. The van der Waals surface area contributed by atoms with Gasteiger partial charge >= 0.3 is 0 Å². The molecule has 2 rings (SSSR count). The van der Waals surface area contributed by atoms with E-state index < -0.39 is 0 Å². The largest absolute Gasteiger partial charge is 0.330 e. The molecular weight excluding hydrogens is 404 g/mol. The minimum absolute atomic E-state index is 0.304. The third-order valence-corrected chi connectivity index (χ3v) is 3.42. The van der Waals surface area contributed by atoms with Crippen LogP contribution in [0.3, 0.4) is 0 Å². The number of aromatic nitrogens is 2. The van der Waals surface area contributed by atoms with Crippen LogP contribution in [-0.4, -0.2) is 16.3 Å². The van der Waals surface area contributed by atoms with Gasteiger partial charge < -0.3 is 4.98 Å². The average Bonchev–Trinajstić information content (AvgIpc) is 2.58. The van der Waals surface area contributed by atoms with E-state index in [-0.39, 0.29) is 0 Å². The van der Waals surface area contributed by atoms with E-state index in [1.54, 1.807) is 0 Å². The van der Waals surface area contributed by atoms with Crippen LogP contribution in [0.4, 0.5) is 0 Å². The van der Waals surface area contributed by atoms with E-state index in [0.29, 0.717) is 22.4 Å². The number of hydrogen-bond acceptors (Lipinski definition) is 2. The van der Waals surface area contributed by atoms with Crippen molar-refractivity contribution in [2.24, 2.45) is 0 Å². The summed E-state index contributed by atoms with van der Waals surface area (Å²) in [5.74, 6) is 0.304. The van der Waals surface area contributed by atoms with Gasteiger partial charge in [0.05, 0.1) is 0 Å². The first-order chi connectivity index (χ1) is 7.60. The van der Waals surface area contributed by atoms with Crippen LogP contribution >= 0.6 is 47.8 Å². The van der Waals surface area contributed by atoms with E-state index in [1.165, 1.54) is 0 Å². The summed E-state index contributed by atoms with van der Waals surface area (Å²) in [6.45, 7) is 0. The molecule has 0 radical (unpaired) electrons. The summed E-state index contributed by atoms with van der Waals surface area (Å²) in [5.41, 5.74) is 1.63. The van der Waals surface area contributed by atoms with E-state index in [9.17, 15) is 4.79 Å². The highest BCUT2D eigenvalue weighted by Gasteiger charge is 2.10. The van der Waals surface area contributed by atoms with Crippen molar-refractivity contribution in [1.29, 1.82) is 0 Å². The van der Waals surface area contributed by atoms with Crippen LogP contribution in [0.2, 0.25) is 0 Å². The summed E-state index contributed by atoms with van der Waals surface area (Å²) in [6.07, 6.45) is 0.682. The summed E-state index contributed by atoms with van der Waals surface area (Å²) in [7, 11) is 0. The van der Waals surface area contributed by atoms with Crippen molar-refractivity contribution in [1.82, 2.24) is 9.97 Å². The summed E-state index contributed by atoms with van der Waals surface area (Å²) in [4.78, 5) is 17.6. The van der Waals surface area contributed by atoms with Crippen molar-refractivity contribution in [3.05, 3.63) is 37.6 Å². The van der Waals surface area contributed by atoms with Crippen molar-refractivity contribution in [2.45, 2.75) is 0 Å². The lowest BCUT2D eigenvalue weighted by Crippen LogP contribution is -1.82. The molecule has 1 N–H and O–H groups in total. The number of benzene rings is 1. The number of imidazole rings is 1. The van der Waals surface area contributed by atoms with E-state index in [4.69, 9.17) is 0 Å². The van der Waals surface area contributed by atoms with Crippen LogP contribution < -0.4 is 0 Å². The Balaban J connectivity index is 2.57. The summed E-state index contributed by atoms with van der Waals surface area (Å²) >= 11 is 10.1. The van der Waals surface area contributed by atoms with Crippen molar-refractivity contribution >= 4 is 54.1 Å². The molecule has 82 valence electrons. The standard InChI is InChI=1S/C10H5Br3N2O/c11-6-1-5(2-7(12)3-6)9-10(13)15-8(4-16)14-9/h1-4H,(H,14,15). The number of nitrogens with one attached hydrogen (secondary N) is 1. The van der Waals surface area contributed by atoms with Gasteiger partial charge in [-0.15, -0.1) is 0 Å². The third kappa shape index (κ3) is 2.44. The van der Waals surface area contributed by atoms with Gasteiger partial charge in [-0.3, -0.25) is 4.79 Å². The molecule has 0 aliphatic rings. The Morgan fingerprint density at radius 1 is 1.12 bits per heavy atom. The van der Waals surface area contributed by atoms with Crippen molar-refractivity contribution in [3.8, 4) is 11.3 Å². The van der Waals surface area contributed by atoms with Gasteiger partial charge in [0.2, 0.25) is 0 Å². The number of H-pyrrole nitrogens is 1. The lowest BCUT2D eigenvalue weighted by Gasteiger charge is -2.00. The lowest BCUT2D eigenvalue weighted by atomic mass is 10.2. The second-order valence-corrected chi connectivity index (χ2v) is 5.68. The minimum Gasteiger partial charge on any atom is -0.330 e. The highest BCUT2D eigenvalue weighted by Crippen LogP contribution is 2.30. The van der Waals surface area contributed by atoms with E-state index >= 15 is 0 Å². The Morgan fingerprint density at radius 3 is 2.25 bits per heavy atom. The number of rotatable bonds is 2. The fourth-order valence-corrected chi connectivity index (χ4v) is 3.12. The molecule has 0 amide bonds. The fourth-order valence-electron chi connectivity index (χ4n) is 1.31. The highest BCUT2D eigenvalue weighted by atomic mass is 79.9.